The number of aryl methyl sites for hydroxylation is 1. The molecule has 0 spiro atoms. The summed E-state index contributed by atoms with van der Waals surface area (Å²) in [7, 11) is 0. The first-order chi connectivity index (χ1) is 12.1. The van der Waals surface area contributed by atoms with Crippen LogP contribution < -0.4 is 0 Å². The third kappa shape index (κ3) is 3.15. The molecule has 2 aromatic rings. The van der Waals surface area contributed by atoms with E-state index in [1.54, 1.807) is 11.3 Å². The quantitative estimate of drug-likeness (QED) is 0.910. The third-order valence-corrected chi connectivity index (χ3v) is 7.02. The number of thiophene rings is 1. The van der Waals surface area contributed by atoms with Crippen molar-refractivity contribution >= 4 is 17.2 Å². The smallest absolute Gasteiger partial charge is 0.257 e. The molecule has 0 aromatic carbocycles. The lowest BCUT2D eigenvalue weighted by molar-refractivity contribution is 0.0521. The number of rotatable bonds is 3. The van der Waals surface area contributed by atoms with Gasteiger partial charge in [0.25, 0.3) is 5.91 Å². The molecule has 3 heterocycles. The van der Waals surface area contributed by atoms with Gasteiger partial charge in [0, 0.05) is 30.4 Å². The summed E-state index contributed by atoms with van der Waals surface area (Å²) in [5.74, 6) is 0.511. The fourth-order valence-electron chi connectivity index (χ4n) is 4.17. The molecule has 1 unspecified atom stereocenters. The standard InChI is InChI=1S/C20H26N2O2S/c1-14(23)15-8-12-21(13-9-15)19(24)18-16-6-2-3-7-17(16)25-20(18)22-10-4-5-11-22/h4-5,10-11,14-15,23H,2-3,6-9,12-13H2,1H3. The molecule has 1 aliphatic heterocycles. The van der Waals surface area contributed by atoms with E-state index in [-0.39, 0.29) is 12.0 Å². The molecule has 0 saturated carbocycles. The van der Waals surface area contributed by atoms with Crippen molar-refractivity contribution in [2.45, 2.75) is 51.6 Å². The Morgan fingerprint density at radius 1 is 1.20 bits per heavy atom. The molecule has 1 N–H and O–H groups in total. The van der Waals surface area contributed by atoms with Crippen LogP contribution in [0.15, 0.2) is 24.5 Å². The lowest BCUT2D eigenvalue weighted by Crippen LogP contribution is -2.41. The highest BCUT2D eigenvalue weighted by molar-refractivity contribution is 7.15. The van der Waals surface area contributed by atoms with Crippen LogP contribution in [0.5, 0.6) is 0 Å². The molecule has 4 rings (SSSR count). The summed E-state index contributed by atoms with van der Waals surface area (Å²) in [6, 6.07) is 4.03. The number of fused-ring (bicyclic) bond motifs is 1. The minimum absolute atomic E-state index is 0.187. The van der Waals surface area contributed by atoms with Gasteiger partial charge in [0.15, 0.2) is 0 Å². The van der Waals surface area contributed by atoms with Gasteiger partial charge in [-0.25, -0.2) is 0 Å². The molecule has 2 aromatic heterocycles. The first-order valence-electron chi connectivity index (χ1n) is 9.40. The summed E-state index contributed by atoms with van der Waals surface area (Å²) in [4.78, 5) is 16.8. The summed E-state index contributed by atoms with van der Waals surface area (Å²) < 4.78 is 2.10. The van der Waals surface area contributed by atoms with E-state index in [0.29, 0.717) is 5.92 Å². The average Bonchev–Trinajstić information content (AvgIpc) is 3.28. The van der Waals surface area contributed by atoms with Gasteiger partial charge in [-0.3, -0.25) is 4.79 Å². The fraction of sp³-hybridized carbons (Fsp3) is 0.550. The average molecular weight is 359 g/mol. The van der Waals surface area contributed by atoms with Crippen molar-refractivity contribution in [2.24, 2.45) is 5.92 Å². The lowest BCUT2D eigenvalue weighted by Gasteiger charge is -2.33. The van der Waals surface area contributed by atoms with Crippen molar-refractivity contribution in [1.82, 2.24) is 9.47 Å². The third-order valence-electron chi connectivity index (χ3n) is 5.71. The molecule has 0 radical (unpaired) electrons. The predicted octanol–water partition coefficient (Wildman–Crippen LogP) is 3.65. The summed E-state index contributed by atoms with van der Waals surface area (Å²) in [6.07, 6.45) is 10.1. The Morgan fingerprint density at radius 2 is 1.88 bits per heavy atom. The van der Waals surface area contributed by atoms with Crippen LogP contribution in [0.4, 0.5) is 0 Å². The van der Waals surface area contributed by atoms with Crippen LogP contribution in [0, 0.1) is 5.92 Å². The molecule has 1 atom stereocenters. The molecule has 1 aliphatic carbocycles. The first-order valence-corrected chi connectivity index (χ1v) is 10.2. The predicted molar refractivity (Wildman–Crippen MR) is 101 cm³/mol. The molecular formula is C20H26N2O2S. The Labute approximate surface area is 153 Å². The molecule has 134 valence electrons. The Morgan fingerprint density at radius 3 is 2.56 bits per heavy atom. The lowest BCUT2D eigenvalue weighted by atomic mass is 9.91. The number of hydrogen-bond donors (Lipinski definition) is 1. The number of piperidine rings is 1. The molecule has 1 saturated heterocycles. The minimum atomic E-state index is -0.276. The molecular weight excluding hydrogens is 332 g/mol. The van der Waals surface area contributed by atoms with Crippen LogP contribution in [0.25, 0.3) is 5.00 Å². The highest BCUT2D eigenvalue weighted by Gasteiger charge is 2.31. The van der Waals surface area contributed by atoms with Crippen molar-refractivity contribution in [3.63, 3.8) is 0 Å². The van der Waals surface area contributed by atoms with Crippen molar-refractivity contribution in [1.29, 1.82) is 0 Å². The van der Waals surface area contributed by atoms with Crippen LogP contribution in [0.2, 0.25) is 0 Å². The number of carbonyl (C=O) groups excluding carboxylic acids is 1. The maximum absolute atomic E-state index is 13.4. The van der Waals surface area contributed by atoms with E-state index in [4.69, 9.17) is 0 Å². The van der Waals surface area contributed by atoms with Gasteiger partial charge in [-0.15, -0.1) is 11.3 Å². The second-order valence-corrected chi connectivity index (χ2v) is 8.44. The summed E-state index contributed by atoms with van der Waals surface area (Å²) in [6.45, 7) is 3.37. The van der Waals surface area contributed by atoms with Gasteiger partial charge in [0.1, 0.15) is 5.00 Å². The zero-order valence-electron chi connectivity index (χ0n) is 14.8. The highest BCUT2D eigenvalue weighted by Crippen LogP contribution is 2.38. The molecule has 5 heteroatoms. The molecule has 25 heavy (non-hydrogen) atoms. The van der Waals surface area contributed by atoms with Crippen molar-refractivity contribution < 1.29 is 9.90 Å². The Bertz CT molecular complexity index is 740. The van der Waals surface area contributed by atoms with Crippen molar-refractivity contribution in [2.75, 3.05) is 13.1 Å². The second kappa shape index (κ2) is 6.96. The molecule has 1 fully saturated rings. The van der Waals surface area contributed by atoms with E-state index in [9.17, 15) is 9.90 Å². The topological polar surface area (TPSA) is 45.5 Å². The molecule has 4 nitrogen and oxygen atoms in total. The van der Waals surface area contributed by atoms with E-state index < -0.39 is 0 Å². The number of amides is 1. The maximum Gasteiger partial charge on any atom is 0.257 e. The number of aliphatic hydroxyl groups is 1. The zero-order valence-corrected chi connectivity index (χ0v) is 15.6. The number of nitrogens with zero attached hydrogens (tertiary/aromatic N) is 2. The van der Waals surface area contributed by atoms with E-state index in [2.05, 4.69) is 4.57 Å². The Balaban J connectivity index is 1.65. The normalized spacial score (nSPS) is 19.7. The number of likely N-dealkylation sites (tertiary alicyclic amines) is 1. The minimum Gasteiger partial charge on any atom is -0.393 e. The van der Waals surface area contributed by atoms with Crippen molar-refractivity contribution in [3.8, 4) is 5.00 Å². The van der Waals surface area contributed by atoms with Gasteiger partial charge in [-0.05, 0) is 69.1 Å². The van der Waals surface area contributed by atoms with Gasteiger partial charge in [0.05, 0.1) is 11.7 Å². The van der Waals surface area contributed by atoms with Gasteiger partial charge >= 0.3 is 0 Å². The largest absolute Gasteiger partial charge is 0.393 e. The highest BCUT2D eigenvalue weighted by atomic mass is 32.1. The SMILES string of the molecule is CC(O)C1CCN(C(=O)c2c(-n3cccc3)sc3c2CCCC3)CC1. The number of aromatic nitrogens is 1. The van der Waals surface area contributed by atoms with E-state index in [1.807, 2.05) is 36.4 Å². The molecule has 2 aliphatic rings. The van der Waals surface area contributed by atoms with Crippen molar-refractivity contribution in [3.05, 3.63) is 40.5 Å². The van der Waals surface area contributed by atoms with Crippen LogP contribution in [-0.4, -0.2) is 39.7 Å². The van der Waals surface area contributed by atoms with Gasteiger partial charge < -0.3 is 14.6 Å². The van der Waals surface area contributed by atoms with Gasteiger partial charge in [0.2, 0.25) is 0 Å². The van der Waals surface area contributed by atoms with E-state index in [1.165, 1.54) is 23.3 Å². The van der Waals surface area contributed by atoms with Gasteiger partial charge in [-0.1, -0.05) is 0 Å². The summed E-state index contributed by atoms with van der Waals surface area (Å²) >= 11 is 1.79. The second-order valence-electron chi connectivity index (χ2n) is 7.35. The van der Waals surface area contributed by atoms with Crippen LogP contribution in [0.1, 0.15) is 53.4 Å². The van der Waals surface area contributed by atoms with Crippen LogP contribution in [-0.2, 0) is 12.8 Å². The zero-order chi connectivity index (χ0) is 17.4. The molecule has 0 bridgehead atoms. The number of aliphatic hydroxyl groups excluding tert-OH is 1. The Kier molecular flexibility index (Phi) is 4.69. The number of carbonyl (C=O) groups is 1. The van der Waals surface area contributed by atoms with E-state index >= 15 is 0 Å². The molecule has 1 amide bonds. The maximum atomic E-state index is 13.4. The summed E-state index contributed by atoms with van der Waals surface area (Å²) in [5, 5.41) is 10.9. The first kappa shape index (κ1) is 16.9. The fourth-order valence-corrected chi connectivity index (χ4v) is 5.51. The monoisotopic (exact) mass is 358 g/mol. The van der Waals surface area contributed by atoms with Crippen LogP contribution >= 0.6 is 11.3 Å². The summed E-state index contributed by atoms with van der Waals surface area (Å²) in [5.41, 5.74) is 2.23. The van der Waals surface area contributed by atoms with Crippen LogP contribution in [0.3, 0.4) is 0 Å². The van der Waals surface area contributed by atoms with E-state index in [0.717, 1.165) is 49.3 Å². The number of hydrogen-bond acceptors (Lipinski definition) is 3. The van der Waals surface area contributed by atoms with Gasteiger partial charge in [-0.2, -0.15) is 0 Å². The Hall–Kier alpha value is -1.59.